The van der Waals surface area contributed by atoms with Gasteiger partial charge in [-0.15, -0.1) is 0 Å². The molecule has 9 heteroatoms. The zero-order valence-corrected chi connectivity index (χ0v) is 15.3. The van der Waals surface area contributed by atoms with Crippen LogP contribution in [0.15, 0.2) is 23.2 Å². The highest BCUT2D eigenvalue weighted by Gasteiger charge is 2.27. The second-order valence-corrected chi connectivity index (χ2v) is 7.94. The molecule has 0 fully saturated rings. The summed E-state index contributed by atoms with van der Waals surface area (Å²) in [5.74, 6) is -0.836. The van der Waals surface area contributed by atoms with E-state index in [2.05, 4.69) is 9.97 Å². The Labute approximate surface area is 148 Å². The van der Waals surface area contributed by atoms with Gasteiger partial charge in [0, 0.05) is 0 Å². The van der Waals surface area contributed by atoms with Gasteiger partial charge in [0.2, 0.25) is 5.28 Å². The van der Waals surface area contributed by atoms with Gasteiger partial charge in [0.15, 0.2) is 11.5 Å². The largest absolute Gasteiger partial charge is 0.269 e. The molecular weight excluding hydrogens is 376 g/mol. The maximum absolute atomic E-state index is 14.2. The topological polar surface area (TPSA) is 64.8 Å². The van der Waals surface area contributed by atoms with E-state index in [9.17, 15) is 12.8 Å². The van der Waals surface area contributed by atoms with Crippen molar-refractivity contribution in [1.29, 1.82) is 0 Å². The monoisotopic (exact) mass is 387 g/mol. The summed E-state index contributed by atoms with van der Waals surface area (Å²) in [5.41, 5.74) is 1.85. The zero-order valence-electron chi connectivity index (χ0n) is 12.9. The van der Waals surface area contributed by atoms with Crippen molar-refractivity contribution in [3.8, 4) is 0 Å². The summed E-state index contributed by atoms with van der Waals surface area (Å²) in [7, 11) is -4.09. The smallest absolute Gasteiger partial charge is 0.221 e. The first-order chi connectivity index (χ1) is 11.1. The van der Waals surface area contributed by atoms with E-state index < -0.39 is 15.8 Å². The van der Waals surface area contributed by atoms with Gasteiger partial charge in [0.1, 0.15) is 5.15 Å². The number of fused-ring (bicyclic) bond motifs is 1. The molecule has 0 bridgehead atoms. The fourth-order valence-electron chi connectivity index (χ4n) is 2.85. The molecule has 0 saturated carbocycles. The number of halogens is 3. The normalized spacial score (nSPS) is 12.1. The van der Waals surface area contributed by atoms with Crippen molar-refractivity contribution in [3.05, 3.63) is 51.3 Å². The molecule has 3 aromatic rings. The van der Waals surface area contributed by atoms with Crippen LogP contribution in [0.5, 0.6) is 0 Å². The lowest BCUT2D eigenvalue weighted by atomic mass is 10.1. The number of hydrogen-bond acceptors (Lipinski definition) is 4. The molecule has 2 heterocycles. The molecule has 0 amide bonds. The van der Waals surface area contributed by atoms with Crippen LogP contribution < -0.4 is 0 Å². The van der Waals surface area contributed by atoms with Gasteiger partial charge in [-0.1, -0.05) is 29.3 Å². The third-order valence-corrected chi connectivity index (χ3v) is 6.02. The second kappa shape index (κ2) is 5.68. The van der Waals surface area contributed by atoms with Crippen molar-refractivity contribution in [2.45, 2.75) is 25.7 Å². The highest BCUT2D eigenvalue weighted by Crippen LogP contribution is 2.31. The van der Waals surface area contributed by atoms with Gasteiger partial charge in [0.25, 0.3) is 10.0 Å². The Morgan fingerprint density at radius 3 is 2.25 bits per heavy atom. The summed E-state index contributed by atoms with van der Waals surface area (Å²) >= 11 is 11.6. The molecule has 126 valence electrons. The summed E-state index contributed by atoms with van der Waals surface area (Å²) in [6, 6.07) is 3.49. The maximum atomic E-state index is 14.2. The van der Waals surface area contributed by atoms with Crippen LogP contribution in [0.2, 0.25) is 10.4 Å². The predicted molar refractivity (Wildman–Crippen MR) is 90.7 cm³/mol. The van der Waals surface area contributed by atoms with E-state index in [-0.39, 0.29) is 26.4 Å². The molecule has 0 radical (unpaired) electrons. The first kappa shape index (κ1) is 17.1. The Morgan fingerprint density at radius 2 is 1.67 bits per heavy atom. The standard InChI is InChI=1S/C15H12Cl2FN3O2S/c1-7-4-8(2)12(9(3)5-7)24(22,23)21-6-10(18)11-13(16)19-15(17)20-14(11)21/h4-6H,1-3H3. The molecule has 0 atom stereocenters. The van der Waals surface area contributed by atoms with E-state index in [1.54, 1.807) is 26.0 Å². The van der Waals surface area contributed by atoms with Crippen LogP contribution in [0.4, 0.5) is 4.39 Å². The fraction of sp³-hybridized carbons (Fsp3) is 0.200. The first-order valence-electron chi connectivity index (χ1n) is 6.86. The van der Waals surface area contributed by atoms with Crippen molar-refractivity contribution in [2.75, 3.05) is 0 Å². The summed E-state index contributed by atoms with van der Waals surface area (Å²) in [6.45, 7) is 5.24. The van der Waals surface area contributed by atoms with Crippen molar-refractivity contribution >= 4 is 44.3 Å². The van der Waals surface area contributed by atoms with Gasteiger partial charge in [-0.3, -0.25) is 0 Å². The Kier molecular flexibility index (Phi) is 4.06. The Morgan fingerprint density at radius 1 is 1.08 bits per heavy atom. The van der Waals surface area contributed by atoms with E-state index in [4.69, 9.17) is 23.2 Å². The molecule has 24 heavy (non-hydrogen) atoms. The molecule has 0 saturated heterocycles. The van der Waals surface area contributed by atoms with E-state index in [0.717, 1.165) is 15.7 Å². The minimum atomic E-state index is -4.09. The van der Waals surface area contributed by atoms with Crippen LogP contribution in [0.25, 0.3) is 11.0 Å². The van der Waals surface area contributed by atoms with Gasteiger partial charge in [-0.25, -0.2) is 21.8 Å². The molecule has 0 N–H and O–H groups in total. The lowest BCUT2D eigenvalue weighted by Crippen LogP contribution is -2.15. The second-order valence-electron chi connectivity index (χ2n) is 5.49. The number of aromatic nitrogens is 3. The van der Waals surface area contributed by atoms with Crippen LogP contribution in [0.3, 0.4) is 0 Å². The van der Waals surface area contributed by atoms with Crippen LogP contribution in [0, 0.1) is 26.6 Å². The third-order valence-electron chi connectivity index (χ3n) is 3.62. The predicted octanol–water partition coefficient (Wildman–Crippen LogP) is 4.04. The van der Waals surface area contributed by atoms with Crippen LogP contribution in [-0.4, -0.2) is 22.4 Å². The molecule has 0 spiro atoms. The Hall–Kier alpha value is -1.70. The summed E-state index contributed by atoms with van der Waals surface area (Å²) < 4.78 is 41.1. The number of benzene rings is 1. The van der Waals surface area contributed by atoms with Gasteiger partial charge in [-0.05, 0) is 43.5 Å². The van der Waals surface area contributed by atoms with Gasteiger partial charge >= 0.3 is 0 Å². The number of hydrogen-bond donors (Lipinski definition) is 0. The molecular formula is C15H12Cl2FN3O2S. The average molecular weight is 388 g/mol. The quantitative estimate of drug-likeness (QED) is 0.491. The van der Waals surface area contributed by atoms with E-state index in [0.29, 0.717) is 11.1 Å². The van der Waals surface area contributed by atoms with Crippen molar-refractivity contribution in [1.82, 2.24) is 13.9 Å². The summed E-state index contributed by atoms with van der Waals surface area (Å²) in [4.78, 5) is 7.58. The van der Waals surface area contributed by atoms with Crippen molar-refractivity contribution < 1.29 is 12.8 Å². The van der Waals surface area contributed by atoms with E-state index in [1.807, 2.05) is 6.92 Å². The Balaban J connectivity index is 2.40. The highest BCUT2D eigenvalue weighted by molar-refractivity contribution is 7.90. The molecule has 1 aromatic carbocycles. The molecule has 0 unspecified atom stereocenters. The van der Waals surface area contributed by atoms with Crippen molar-refractivity contribution in [3.63, 3.8) is 0 Å². The zero-order chi connectivity index (χ0) is 17.8. The number of rotatable bonds is 2. The van der Waals surface area contributed by atoms with Gasteiger partial charge in [0.05, 0.1) is 16.5 Å². The molecule has 0 aliphatic carbocycles. The lowest BCUT2D eigenvalue weighted by Gasteiger charge is -2.13. The van der Waals surface area contributed by atoms with Crippen LogP contribution >= 0.6 is 23.2 Å². The van der Waals surface area contributed by atoms with Gasteiger partial charge in [-0.2, -0.15) is 4.98 Å². The molecule has 3 rings (SSSR count). The molecule has 0 aliphatic rings. The molecule has 2 aromatic heterocycles. The molecule has 0 aliphatic heterocycles. The van der Waals surface area contributed by atoms with E-state index in [1.165, 1.54) is 0 Å². The minimum Gasteiger partial charge on any atom is -0.221 e. The summed E-state index contributed by atoms with van der Waals surface area (Å²) in [5, 5.41) is -0.694. The van der Waals surface area contributed by atoms with Crippen molar-refractivity contribution in [2.24, 2.45) is 0 Å². The maximum Gasteiger partial charge on any atom is 0.269 e. The van der Waals surface area contributed by atoms with Gasteiger partial charge < -0.3 is 0 Å². The minimum absolute atomic E-state index is 0.0934. The lowest BCUT2D eigenvalue weighted by molar-refractivity contribution is 0.584. The SMILES string of the molecule is Cc1cc(C)c(S(=O)(=O)n2cc(F)c3c(Cl)nc(Cl)nc32)c(C)c1. The Bertz CT molecular complexity index is 1070. The van der Waals surface area contributed by atoms with Crippen LogP contribution in [-0.2, 0) is 10.0 Å². The highest BCUT2D eigenvalue weighted by atomic mass is 35.5. The average Bonchev–Trinajstić information content (AvgIpc) is 2.74. The number of nitrogens with zero attached hydrogens (tertiary/aromatic N) is 3. The fourth-order valence-corrected chi connectivity index (χ4v) is 5.03. The first-order valence-corrected chi connectivity index (χ1v) is 9.05. The van der Waals surface area contributed by atoms with E-state index >= 15 is 0 Å². The summed E-state index contributed by atoms with van der Waals surface area (Å²) in [6.07, 6.45) is 0.829. The molecule has 5 nitrogen and oxygen atoms in total. The number of aryl methyl sites for hydroxylation is 3. The van der Waals surface area contributed by atoms with Crippen LogP contribution in [0.1, 0.15) is 16.7 Å². The third kappa shape index (κ3) is 2.56.